The summed E-state index contributed by atoms with van der Waals surface area (Å²) in [6.45, 7) is 0.533. The molecule has 0 aliphatic heterocycles. The standard InChI is InChI=1S/C10H10IN3O/c11-8-3-1-7(2-4-8)10-13-9(5-6-12)14-15-10/h1-4H,5-6,12H2. The molecule has 15 heavy (non-hydrogen) atoms. The highest BCUT2D eigenvalue weighted by atomic mass is 127. The summed E-state index contributed by atoms with van der Waals surface area (Å²) in [5.74, 6) is 1.21. The normalized spacial score (nSPS) is 10.5. The van der Waals surface area contributed by atoms with Crippen LogP contribution < -0.4 is 5.73 Å². The smallest absolute Gasteiger partial charge is 0.257 e. The number of halogens is 1. The van der Waals surface area contributed by atoms with Crippen LogP contribution in [-0.4, -0.2) is 16.7 Å². The van der Waals surface area contributed by atoms with E-state index in [1.165, 1.54) is 3.57 Å². The van der Waals surface area contributed by atoms with Crippen molar-refractivity contribution >= 4 is 22.6 Å². The van der Waals surface area contributed by atoms with Gasteiger partial charge in [-0.3, -0.25) is 0 Å². The first-order chi connectivity index (χ1) is 7.29. The Morgan fingerprint density at radius 3 is 2.67 bits per heavy atom. The molecule has 0 amide bonds. The Kier molecular flexibility index (Phi) is 3.32. The molecule has 5 heteroatoms. The van der Waals surface area contributed by atoms with Crippen LogP contribution >= 0.6 is 22.6 Å². The number of hydrogen-bond acceptors (Lipinski definition) is 4. The van der Waals surface area contributed by atoms with Gasteiger partial charge < -0.3 is 10.3 Å². The average Bonchev–Trinajstić information content (AvgIpc) is 2.68. The zero-order valence-corrected chi connectivity index (χ0v) is 10.1. The van der Waals surface area contributed by atoms with E-state index in [0.717, 1.165) is 5.56 Å². The van der Waals surface area contributed by atoms with Crippen LogP contribution in [0, 0.1) is 3.57 Å². The second-order valence-corrected chi connectivity index (χ2v) is 4.31. The first-order valence-electron chi connectivity index (χ1n) is 4.58. The van der Waals surface area contributed by atoms with Crippen molar-refractivity contribution in [3.8, 4) is 11.5 Å². The molecule has 2 rings (SSSR count). The molecule has 2 aromatic rings. The summed E-state index contributed by atoms with van der Waals surface area (Å²) in [6.07, 6.45) is 0.647. The Morgan fingerprint density at radius 2 is 2.00 bits per heavy atom. The summed E-state index contributed by atoms with van der Waals surface area (Å²) < 4.78 is 6.30. The zero-order chi connectivity index (χ0) is 10.7. The van der Waals surface area contributed by atoms with Crippen molar-refractivity contribution in [3.05, 3.63) is 33.7 Å². The summed E-state index contributed by atoms with van der Waals surface area (Å²) in [4.78, 5) is 4.24. The van der Waals surface area contributed by atoms with Gasteiger partial charge in [-0.25, -0.2) is 0 Å². The van der Waals surface area contributed by atoms with Gasteiger partial charge in [0.2, 0.25) is 0 Å². The van der Waals surface area contributed by atoms with Crippen LogP contribution in [0.4, 0.5) is 0 Å². The van der Waals surface area contributed by atoms with E-state index >= 15 is 0 Å². The van der Waals surface area contributed by atoms with E-state index in [2.05, 4.69) is 32.7 Å². The number of nitrogens with zero attached hydrogens (tertiary/aromatic N) is 2. The molecular formula is C10H10IN3O. The maximum atomic E-state index is 5.41. The average molecular weight is 315 g/mol. The largest absolute Gasteiger partial charge is 0.334 e. The van der Waals surface area contributed by atoms with E-state index in [0.29, 0.717) is 24.7 Å². The van der Waals surface area contributed by atoms with Crippen molar-refractivity contribution in [3.63, 3.8) is 0 Å². The molecule has 0 saturated carbocycles. The molecule has 4 nitrogen and oxygen atoms in total. The van der Waals surface area contributed by atoms with Gasteiger partial charge in [-0.2, -0.15) is 4.98 Å². The van der Waals surface area contributed by atoms with E-state index in [1.54, 1.807) is 0 Å². The fourth-order valence-electron chi connectivity index (χ4n) is 1.19. The summed E-state index contributed by atoms with van der Waals surface area (Å²) in [5, 5.41) is 3.84. The van der Waals surface area contributed by atoms with Crippen molar-refractivity contribution in [2.75, 3.05) is 6.54 Å². The van der Waals surface area contributed by atoms with Crippen LogP contribution in [0.2, 0.25) is 0 Å². The van der Waals surface area contributed by atoms with Gasteiger partial charge in [0.1, 0.15) is 0 Å². The Balaban J connectivity index is 2.25. The minimum absolute atomic E-state index is 0.533. The SMILES string of the molecule is NCCc1noc(-c2ccc(I)cc2)n1. The lowest BCUT2D eigenvalue weighted by atomic mass is 10.2. The Bertz CT molecular complexity index is 438. The van der Waals surface area contributed by atoms with Gasteiger partial charge in [-0.1, -0.05) is 5.16 Å². The van der Waals surface area contributed by atoms with Crippen molar-refractivity contribution < 1.29 is 4.52 Å². The molecule has 0 unspecified atom stereocenters. The highest BCUT2D eigenvalue weighted by Crippen LogP contribution is 2.18. The molecule has 0 spiro atoms. The molecule has 1 heterocycles. The lowest BCUT2D eigenvalue weighted by Crippen LogP contribution is -2.03. The second kappa shape index (κ2) is 4.71. The van der Waals surface area contributed by atoms with Crippen molar-refractivity contribution in [1.29, 1.82) is 0 Å². The van der Waals surface area contributed by atoms with Gasteiger partial charge in [-0.15, -0.1) is 0 Å². The quantitative estimate of drug-likeness (QED) is 0.878. The predicted molar refractivity (Wildman–Crippen MR) is 65.2 cm³/mol. The lowest BCUT2D eigenvalue weighted by Gasteiger charge is -1.93. The third-order valence-corrected chi connectivity index (χ3v) is 2.65. The molecule has 2 N–H and O–H groups in total. The molecule has 0 radical (unpaired) electrons. The van der Waals surface area contributed by atoms with Crippen LogP contribution in [0.1, 0.15) is 5.82 Å². The third-order valence-electron chi connectivity index (χ3n) is 1.93. The summed E-state index contributed by atoms with van der Waals surface area (Å²) in [5.41, 5.74) is 6.34. The first-order valence-corrected chi connectivity index (χ1v) is 5.66. The number of nitrogens with two attached hydrogens (primary N) is 1. The maximum Gasteiger partial charge on any atom is 0.257 e. The molecule has 0 aliphatic rings. The van der Waals surface area contributed by atoms with Crippen LogP contribution in [0.15, 0.2) is 28.8 Å². The lowest BCUT2D eigenvalue weighted by molar-refractivity contribution is 0.422. The van der Waals surface area contributed by atoms with Crippen molar-refractivity contribution in [2.45, 2.75) is 6.42 Å². The van der Waals surface area contributed by atoms with Crippen LogP contribution in [-0.2, 0) is 6.42 Å². The van der Waals surface area contributed by atoms with Gasteiger partial charge >= 0.3 is 0 Å². The molecule has 0 fully saturated rings. The molecule has 0 atom stereocenters. The van der Waals surface area contributed by atoms with E-state index < -0.39 is 0 Å². The number of benzene rings is 1. The zero-order valence-electron chi connectivity index (χ0n) is 7.98. The van der Waals surface area contributed by atoms with E-state index in [1.807, 2.05) is 24.3 Å². The molecule has 1 aromatic carbocycles. The Labute approximate surface area is 101 Å². The van der Waals surface area contributed by atoms with Gasteiger partial charge in [0.25, 0.3) is 5.89 Å². The Hall–Kier alpha value is -0.950. The first kappa shape index (κ1) is 10.6. The predicted octanol–water partition coefficient (Wildman–Crippen LogP) is 1.84. The Morgan fingerprint density at radius 1 is 1.27 bits per heavy atom. The molecule has 0 saturated heterocycles. The third kappa shape index (κ3) is 2.54. The van der Waals surface area contributed by atoms with Crippen LogP contribution in [0.25, 0.3) is 11.5 Å². The minimum Gasteiger partial charge on any atom is -0.334 e. The molecule has 78 valence electrons. The van der Waals surface area contributed by atoms with E-state index in [-0.39, 0.29) is 0 Å². The topological polar surface area (TPSA) is 64.9 Å². The highest BCUT2D eigenvalue weighted by Gasteiger charge is 2.07. The number of aromatic nitrogens is 2. The summed E-state index contributed by atoms with van der Waals surface area (Å²) in [7, 11) is 0. The van der Waals surface area contributed by atoms with Gasteiger partial charge in [0.05, 0.1) is 0 Å². The summed E-state index contributed by atoms with van der Waals surface area (Å²) in [6, 6.07) is 7.93. The van der Waals surface area contributed by atoms with Crippen molar-refractivity contribution in [2.24, 2.45) is 5.73 Å². The fourth-order valence-corrected chi connectivity index (χ4v) is 1.55. The van der Waals surface area contributed by atoms with E-state index in [9.17, 15) is 0 Å². The van der Waals surface area contributed by atoms with Crippen molar-refractivity contribution in [1.82, 2.24) is 10.1 Å². The molecule has 0 aliphatic carbocycles. The van der Waals surface area contributed by atoms with Gasteiger partial charge in [0.15, 0.2) is 5.82 Å². The summed E-state index contributed by atoms with van der Waals surface area (Å²) >= 11 is 2.25. The monoisotopic (exact) mass is 315 g/mol. The van der Waals surface area contributed by atoms with Gasteiger partial charge in [0, 0.05) is 15.6 Å². The van der Waals surface area contributed by atoms with Gasteiger partial charge in [-0.05, 0) is 53.4 Å². The fraction of sp³-hybridized carbons (Fsp3) is 0.200. The van der Waals surface area contributed by atoms with Crippen LogP contribution in [0.5, 0.6) is 0 Å². The van der Waals surface area contributed by atoms with Crippen LogP contribution in [0.3, 0.4) is 0 Å². The number of rotatable bonds is 3. The molecule has 0 bridgehead atoms. The molecule has 1 aromatic heterocycles. The minimum atomic E-state index is 0.533. The van der Waals surface area contributed by atoms with E-state index in [4.69, 9.17) is 10.3 Å². The number of hydrogen-bond donors (Lipinski definition) is 1. The molecular weight excluding hydrogens is 305 g/mol. The second-order valence-electron chi connectivity index (χ2n) is 3.06. The highest BCUT2D eigenvalue weighted by molar-refractivity contribution is 14.1. The maximum absolute atomic E-state index is 5.41.